The molecule has 0 aromatic heterocycles. The molecule has 4 nitrogen and oxygen atoms in total. The quantitative estimate of drug-likeness (QED) is 0.486. The van der Waals surface area contributed by atoms with Gasteiger partial charge in [0.05, 0.1) is 5.56 Å². The van der Waals surface area contributed by atoms with Crippen molar-refractivity contribution in [2.75, 3.05) is 0 Å². The zero-order chi connectivity index (χ0) is 12.9. The SMILES string of the molecule is O=C1c2ccccc2C(=O)c2c1ccc(O)c2O.[Ca+2].[H-].[H-]. The van der Waals surface area contributed by atoms with Gasteiger partial charge in [-0.2, -0.15) is 0 Å². The van der Waals surface area contributed by atoms with Crippen LogP contribution in [0.1, 0.15) is 34.7 Å². The van der Waals surface area contributed by atoms with E-state index in [1.165, 1.54) is 18.2 Å². The average Bonchev–Trinajstić information content (AvgIpc) is 2.39. The van der Waals surface area contributed by atoms with Crippen LogP contribution in [0.2, 0.25) is 0 Å². The first-order valence-electron chi connectivity index (χ1n) is 5.34. The molecule has 2 aromatic carbocycles. The molecule has 0 radical (unpaired) electrons. The Bertz CT molecular complexity index is 716. The molecule has 0 saturated carbocycles. The summed E-state index contributed by atoms with van der Waals surface area (Å²) in [6.07, 6.45) is 0. The summed E-state index contributed by atoms with van der Waals surface area (Å²) >= 11 is 0. The van der Waals surface area contributed by atoms with Crippen LogP contribution in [0.3, 0.4) is 0 Å². The summed E-state index contributed by atoms with van der Waals surface area (Å²) < 4.78 is 0. The van der Waals surface area contributed by atoms with Crippen LogP contribution in [0.5, 0.6) is 11.5 Å². The number of ketones is 2. The number of benzene rings is 2. The van der Waals surface area contributed by atoms with Gasteiger partial charge in [-0.1, -0.05) is 24.3 Å². The van der Waals surface area contributed by atoms with E-state index in [1.807, 2.05) is 0 Å². The van der Waals surface area contributed by atoms with Crippen molar-refractivity contribution in [3.63, 3.8) is 0 Å². The second kappa shape index (κ2) is 4.96. The fourth-order valence-electron chi connectivity index (χ4n) is 2.16. The van der Waals surface area contributed by atoms with Gasteiger partial charge in [0, 0.05) is 16.7 Å². The molecule has 0 unspecified atom stereocenters. The van der Waals surface area contributed by atoms with E-state index >= 15 is 0 Å². The van der Waals surface area contributed by atoms with Gasteiger partial charge in [0.2, 0.25) is 0 Å². The van der Waals surface area contributed by atoms with Crippen molar-refractivity contribution in [3.8, 4) is 11.5 Å². The van der Waals surface area contributed by atoms with Gasteiger partial charge in [0.25, 0.3) is 0 Å². The summed E-state index contributed by atoms with van der Waals surface area (Å²) in [5, 5.41) is 19.1. The van der Waals surface area contributed by atoms with Crippen molar-refractivity contribution in [2.24, 2.45) is 0 Å². The number of aromatic hydroxyl groups is 2. The predicted molar refractivity (Wildman–Crippen MR) is 71.1 cm³/mol. The first kappa shape index (κ1) is 14.1. The Morgan fingerprint density at radius 2 is 1.37 bits per heavy atom. The van der Waals surface area contributed by atoms with Gasteiger partial charge in [0.1, 0.15) is 0 Å². The van der Waals surface area contributed by atoms with Gasteiger partial charge in [-0.3, -0.25) is 9.59 Å². The molecule has 0 bridgehead atoms. The van der Waals surface area contributed by atoms with E-state index in [0.717, 1.165) is 0 Å². The number of phenolic OH excluding ortho intramolecular Hbond substituents is 2. The topological polar surface area (TPSA) is 74.6 Å². The number of phenols is 2. The fraction of sp³-hybridized carbons (Fsp3) is 0. The van der Waals surface area contributed by atoms with Gasteiger partial charge in [0.15, 0.2) is 23.1 Å². The van der Waals surface area contributed by atoms with Crippen LogP contribution in [-0.4, -0.2) is 59.5 Å². The number of hydrogen-bond acceptors (Lipinski definition) is 4. The molecular weight excluding hydrogens is 272 g/mol. The zero-order valence-corrected chi connectivity index (χ0v) is 12.1. The molecule has 1 aliphatic carbocycles. The third kappa shape index (κ3) is 1.96. The molecule has 19 heavy (non-hydrogen) atoms. The van der Waals surface area contributed by atoms with Gasteiger partial charge >= 0.3 is 37.7 Å². The smallest absolute Gasteiger partial charge is 1.00 e. The standard InChI is InChI=1S/C14H8O4.Ca.2H/c15-10-6-5-9-11(14(10)18)13(17)8-4-2-1-3-7(8)12(9)16;;;/h1-6,15,18H;;;/q;+2;2*-1. The van der Waals surface area contributed by atoms with Crippen LogP contribution in [0, 0.1) is 0 Å². The Morgan fingerprint density at radius 1 is 0.789 bits per heavy atom. The van der Waals surface area contributed by atoms with Crippen molar-refractivity contribution in [3.05, 3.63) is 58.7 Å². The Balaban J connectivity index is 0.00000133. The molecule has 3 rings (SSSR count). The molecule has 5 heteroatoms. The average molecular weight is 282 g/mol. The molecule has 0 saturated heterocycles. The van der Waals surface area contributed by atoms with Crippen molar-refractivity contribution in [1.29, 1.82) is 0 Å². The molecule has 1 aliphatic rings. The van der Waals surface area contributed by atoms with E-state index < -0.39 is 17.3 Å². The molecule has 0 heterocycles. The van der Waals surface area contributed by atoms with Gasteiger partial charge in [-0.15, -0.1) is 0 Å². The van der Waals surface area contributed by atoms with Crippen LogP contribution in [0.4, 0.5) is 0 Å². The molecule has 92 valence electrons. The Kier molecular flexibility index (Phi) is 3.67. The van der Waals surface area contributed by atoms with Crippen LogP contribution < -0.4 is 0 Å². The van der Waals surface area contributed by atoms with Gasteiger partial charge in [-0.25, -0.2) is 0 Å². The van der Waals surface area contributed by atoms with Gasteiger partial charge in [-0.05, 0) is 12.1 Å². The van der Waals surface area contributed by atoms with Crippen molar-refractivity contribution >= 4 is 49.3 Å². The number of carbonyl (C=O) groups is 2. The third-order valence-electron chi connectivity index (χ3n) is 3.04. The van der Waals surface area contributed by atoms with Crippen LogP contribution >= 0.6 is 0 Å². The van der Waals surface area contributed by atoms with Crippen LogP contribution in [-0.2, 0) is 0 Å². The monoisotopic (exact) mass is 282 g/mol. The second-order valence-electron chi connectivity index (χ2n) is 4.06. The van der Waals surface area contributed by atoms with E-state index in [-0.39, 0.29) is 63.1 Å². The summed E-state index contributed by atoms with van der Waals surface area (Å²) in [6.45, 7) is 0. The van der Waals surface area contributed by atoms with Crippen LogP contribution in [0.15, 0.2) is 36.4 Å². The maximum Gasteiger partial charge on any atom is 2.00 e. The molecule has 2 aromatic rings. The van der Waals surface area contributed by atoms with Crippen LogP contribution in [0.25, 0.3) is 0 Å². The number of fused-ring (bicyclic) bond motifs is 2. The molecule has 0 fully saturated rings. The summed E-state index contributed by atoms with van der Waals surface area (Å²) in [5.74, 6) is -1.72. The Hall–Kier alpha value is -1.36. The maximum absolute atomic E-state index is 12.2. The van der Waals surface area contributed by atoms with Crippen molar-refractivity contribution in [1.82, 2.24) is 0 Å². The first-order chi connectivity index (χ1) is 8.61. The number of hydrogen-bond donors (Lipinski definition) is 2. The normalized spacial score (nSPS) is 12.4. The maximum atomic E-state index is 12.2. The van der Waals surface area contributed by atoms with E-state index in [0.29, 0.717) is 5.56 Å². The molecular formula is C14H10CaO4. The van der Waals surface area contributed by atoms with E-state index in [9.17, 15) is 19.8 Å². The number of carbonyl (C=O) groups excluding carboxylic acids is 2. The Morgan fingerprint density at radius 3 is 2.00 bits per heavy atom. The number of rotatable bonds is 0. The second-order valence-corrected chi connectivity index (χ2v) is 4.06. The molecule has 0 aliphatic heterocycles. The van der Waals surface area contributed by atoms with E-state index in [2.05, 4.69) is 0 Å². The molecule has 0 spiro atoms. The molecule has 2 N–H and O–H groups in total. The Labute approximate surface area is 141 Å². The fourth-order valence-corrected chi connectivity index (χ4v) is 2.16. The minimum Gasteiger partial charge on any atom is -1.00 e. The molecule has 0 atom stereocenters. The minimum atomic E-state index is -0.541. The minimum absolute atomic E-state index is 0. The summed E-state index contributed by atoms with van der Waals surface area (Å²) in [5.41, 5.74) is 0.559. The predicted octanol–water partition coefficient (Wildman–Crippen LogP) is 1.72. The van der Waals surface area contributed by atoms with Crippen molar-refractivity contribution < 1.29 is 22.7 Å². The van der Waals surface area contributed by atoms with E-state index in [4.69, 9.17) is 0 Å². The summed E-state index contributed by atoms with van der Waals surface area (Å²) in [7, 11) is 0. The first-order valence-corrected chi connectivity index (χ1v) is 5.34. The van der Waals surface area contributed by atoms with E-state index in [1.54, 1.807) is 18.2 Å². The van der Waals surface area contributed by atoms with Gasteiger partial charge < -0.3 is 13.1 Å². The third-order valence-corrected chi connectivity index (χ3v) is 3.04. The van der Waals surface area contributed by atoms with Crippen molar-refractivity contribution in [2.45, 2.75) is 0 Å². The largest absolute Gasteiger partial charge is 2.00 e. The zero-order valence-electron chi connectivity index (χ0n) is 11.9. The summed E-state index contributed by atoms with van der Waals surface area (Å²) in [6, 6.07) is 8.97. The molecule has 0 amide bonds. The summed E-state index contributed by atoms with van der Waals surface area (Å²) in [4.78, 5) is 24.4.